The molecule has 0 amide bonds. The lowest BCUT2D eigenvalue weighted by Gasteiger charge is -2.25. The van der Waals surface area contributed by atoms with Crippen LogP contribution in [0, 0.1) is 5.82 Å². The van der Waals surface area contributed by atoms with Crippen LogP contribution < -0.4 is 4.90 Å². The first kappa shape index (κ1) is 12.2. The molecule has 0 saturated carbocycles. The van der Waals surface area contributed by atoms with E-state index in [0.717, 1.165) is 30.0 Å². The summed E-state index contributed by atoms with van der Waals surface area (Å²) in [6.07, 6.45) is 4.35. The fourth-order valence-corrected chi connectivity index (χ4v) is 2.91. The van der Waals surface area contributed by atoms with Gasteiger partial charge in [-0.25, -0.2) is 4.39 Å². The Balaban J connectivity index is 1.73. The molecular formula is C18H15FN2. The maximum atomic E-state index is 13.0. The number of H-pyrrole nitrogens is 1. The highest BCUT2D eigenvalue weighted by Crippen LogP contribution is 2.33. The van der Waals surface area contributed by atoms with Crippen LogP contribution in [0.5, 0.6) is 0 Å². The maximum Gasteiger partial charge on any atom is 0.123 e. The van der Waals surface area contributed by atoms with E-state index in [9.17, 15) is 4.39 Å². The number of nitrogens with zero attached hydrogens (tertiary/aromatic N) is 1. The van der Waals surface area contributed by atoms with Crippen molar-refractivity contribution in [1.29, 1.82) is 0 Å². The average Bonchev–Trinajstić information content (AvgIpc) is 2.89. The van der Waals surface area contributed by atoms with E-state index in [-0.39, 0.29) is 5.82 Å². The van der Waals surface area contributed by atoms with Crippen molar-refractivity contribution < 1.29 is 4.39 Å². The van der Waals surface area contributed by atoms with E-state index in [1.165, 1.54) is 23.1 Å². The van der Waals surface area contributed by atoms with Crippen LogP contribution in [0.2, 0.25) is 0 Å². The summed E-state index contributed by atoms with van der Waals surface area (Å²) in [5, 5.41) is 1.24. The van der Waals surface area contributed by atoms with Crippen molar-refractivity contribution in [2.45, 2.75) is 6.54 Å². The Kier molecular flexibility index (Phi) is 2.78. The number of para-hydroxylation sites is 1. The van der Waals surface area contributed by atoms with E-state index < -0.39 is 0 Å². The molecule has 104 valence electrons. The van der Waals surface area contributed by atoms with Crippen LogP contribution in [0.25, 0.3) is 17.0 Å². The summed E-state index contributed by atoms with van der Waals surface area (Å²) in [6.45, 7) is 1.63. The molecule has 1 aromatic heterocycles. The van der Waals surface area contributed by atoms with Gasteiger partial charge in [-0.3, -0.25) is 0 Å². The van der Waals surface area contributed by atoms with Gasteiger partial charge in [0.15, 0.2) is 0 Å². The van der Waals surface area contributed by atoms with Crippen molar-refractivity contribution in [2.75, 3.05) is 11.4 Å². The fraction of sp³-hybridized carbons (Fsp3) is 0.111. The molecule has 1 aliphatic heterocycles. The minimum absolute atomic E-state index is 0.191. The van der Waals surface area contributed by atoms with Crippen molar-refractivity contribution in [2.24, 2.45) is 0 Å². The number of hydrogen-bond acceptors (Lipinski definition) is 1. The number of fused-ring (bicyclic) bond motifs is 3. The number of anilines is 1. The van der Waals surface area contributed by atoms with Gasteiger partial charge >= 0.3 is 0 Å². The number of benzene rings is 2. The summed E-state index contributed by atoms with van der Waals surface area (Å²) >= 11 is 0. The second-order valence-corrected chi connectivity index (χ2v) is 5.34. The molecule has 0 radical (unpaired) electrons. The van der Waals surface area contributed by atoms with Crippen LogP contribution >= 0.6 is 0 Å². The zero-order valence-electron chi connectivity index (χ0n) is 11.5. The minimum Gasteiger partial charge on any atom is -0.350 e. The molecular weight excluding hydrogens is 263 g/mol. The second kappa shape index (κ2) is 4.77. The van der Waals surface area contributed by atoms with E-state index in [2.05, 4.69) is 40.2 Å². The average molecular weight is 278 g/mol. The highest BCUT2D eigenvalue weighted by atomic mass is 19.1. The van der Waals surface area contributed by atoms with E-state index in [0.29, 0.717) is 0 Å². The van der Waals surface area contributed by atoms with Gasteiger partial charge in [0.2, 0.25) is 0 Å². The van der Waals surface area contributed by atoms with Crippen LogP contribution in [0.4, 0.5) is 10.2 Å². The lowest BCUT2D eigenvalue weighted by atomic mass is 10.1. The molecule has 1 N–H and O–H groups in total. The third-order valence-corrected chi connectivity index (χ3v) is 3.94. The summed E-state index contributed by atoms with van der Waals surface area (Å²) in [4.78, 5) is 5.78. The predicted molar refractivity (Wildman–Crippen MR) is 84.8 cm³/mol. The predicted octanol–water partition coefficient (Wildman–Crippen LogP) is 4.34. The molecule has 0 aliphatic carbocycles. The van der Waals surface area contributed by atoms with Gasteiger partial charge in [-0.15, -0.1) is 0 Å². The summed E-state index contributed by atoms with van der Waals surface area (Å²) in [6, 6.07) is 15.0. The minimum atomic E-state index is -0.191. The van der Waals surface area contributed by atoms with E-state index in [1.54, 1.807) is 0 Å². The van der Waals surface area contributed by atoms with Gasteiger partial charge in [-0.1, -0.05) is 42.5 Å². The maximum absolute atomic E-state index is 13.0. The number of nitrogens with one attached hydrogen (secondary N) is 1. The van der Waals surface area contributed by atoms with Gasteiger partial charge in [0.05, 0.1) is 0 Å². The Morgan fingerprint density at radius 2 is 1.86 bits per heavy atom. The summed E-state index contributed by atoms with van der Waals surface area (Å²) in [5.74, 6) is 0.951. The lowest BCUT2D eigenvalue weighted by Crippen LogP contribution is -2.25. The van der Waals surface area contributed by atoms with Gasteiger partial charge in [0.1, 0.15) is 11.6 Å². The first-order chi connectivity index (χ1) is 10.3. The molecule has 2 nitrogen and oxygen atoms in total. The third-order valence-electron chi connectivity index (χ3n) is 3.94. The zero-order chi connectivity index (χ0) is 14.2. The number of rotatable bonds is 2. The Morgan fingerprint density at radius 3 is 2.71 bits per heavy atom. The molecule has 21 heavy (non-hydrogen) atoms. The summed E-state index contributed by atoms with van der Waals surface area (Å²) in [5.41, 5.74) is 3.49. The Morgan fingerprint density at radius 1 is 1.05 bits per heavy atom. The van der Waals surface area contributed by atoms with Crippen LogP contribution in [-0.2, 0) is 6.54 Å². The lowest BCUT2D eigenvalue weighted by molar-refractivity contribution is 0.626. The third kappa shape index (κ3) is 2.11. The van der Waals surface area contributed by atoms with Crippen molar-refractivity contribution in [3.63, 3.8) is 0 Å². The highest BCUT2D eigenvalue weighted by molar-refractivity contribution is 5.96. The molecule has 3 aromatic rings. The molecule has 2 aromatic carbocycles. The van der Waals surface area contributed by atoms with Gasteiger partial charge in [0, 0.05) is 29.6 Å². The Hall–Kier alpha value is -2.55. The monoisotopic (exact) mass is 278 g/mol. The van der Waals surface area contributed by atoms with E-state index >= 15 is 0 Å². The number of aromatic amines is 1. The Labute approximate surface area is 122 Å². The van der Waals surface area contributed by atoms with Crippen molar-refractivity contribution in [1.82, 2.24) is 4.98 Å². The summed E-state index contributed by atoms with van der Waals surface area (Å²) in [7, 11) is 0. The molecule has 3 heteroatoms. The molecule has 0 spiro atoms. The van der Waals surface area contributed by atoms with Crippen molar-refractivity contribution in [3.05, 3.63) is 71.6 Å². The normalized spacial score (nSPS) is 13.7. The summed E-state index contributed by atoms with van der Waals surface area (Å²) < 4.78 is 13.0. The van der Waals surface area contributed by atoms with Crippen LogP contribution in [0.1, 0.15) is 11.1 Å². The van der Waals surface area contributed by atoms with Gasteiger partial charge < -0.3 is 9.88 Å². The molecule has 0 saturated heterocycles. The standard InChI is InChI=1S/C18H15FN2/c19-14-9-7-13(8-10-14)12-21-11-3-5-16-15-4-1-2-6-17(15)20-18(16)21/h1-10,20H,11-12H2. The molecule has 0 fully saturated rings. The second-order valence-electron chi connectivity index (χ2n) is 5.34. The molecule has 4 rings (SSSR count). The molecule has 2 heterocycles. The number of halogens is 1. The van der Waals surface area contributed by atoms with Crippen molar-refractivity contribution >= 4 is 22.8 Å². The Bertz CT molecular complexity index is 815. The van der Waals surface area contributed by atoms with E-state index in [1.807, 2.05) is 18.2 Å². The first-order valence-electron chi connectivity index (χ1n) is 7.08. The van der Waals surface area contributed by atoms with E-state index in [4.69, 9.17) is 0 Å². The molecule has 0 unspecified atom stereocenters. The smallest absolute Gasteiger partial charge is 0.123 e. The fourth-order valence-electron chi connectivity index (χ4n) is 2.91. The van der Waals surface area contributed by atoms with Crippen LogP contribution in [-0.4, -0.2) is 11.5 Å². The van der Waals surface area contributed by atoms with Crippen LogP contribution in [0.3, 0.4) is 0 Å². The number of aromatic nitrogens is 1. The SMILES string of the molecule is Fc1ccc(CN2CC=Cc3c2[nH]c2ccccc32)cc1. The highest BCUT2D eigenvalue weighted by Gasteiger charge is 2.18. The van der Waals surface area contributed by atoms with Crippen LogP contribution in [0.15, 0.2) is 54.6 Å². The quantitative estimate of drug-likeness (QED) is 0.738. The molecule has 1 aliphatic rings. The van der Waals surface area contributed by atoms with Gasteiger partial charge in [-0.05, 0) is 23.8 Å². The van der Waals surface area contributed by atoms with Gasteiger partial charge in [-0.2, -0.15) is 0 Å². The van der Waals surface area contributed by atoms with Crippen molar-refractivity contribution in [3.8, 4) is 0 Å². The molecule has 0 atom stereocenters. The largest absolute Gasteiger partial charge is 0.350 e. The molecule has 0 bridgehead atoms. The first-order valence-corrected chi connectivity index (χ1v) is 7.08. The zero-order valence-corrected chi connectivity index (χ0v) is 11.5. The number of hydrogen-bond donors (Lipinski definition) is 1. The topological polar surface area (TPSA) is 19.0 Å². The van der Waals surface area contributed by atoms with Gasteiger partial charge in [0.25, 0.3) is 0 Å².